The van der Waals surface area contributed by atoms with E-state index in [2.05, 4.69) is 0 Å². The summed E-state index contributed by atoms with van der Waals surface area (Å²) in [6.45, 7) is 4.75. The molecule has 1 aromatic heterocycles. The van der Waals surface area contributed by atoms with Gasteiger partial charge in [-0.15, -0.1) is 11.3 Å². The lowest BCUT2D eigenvalue weighted by atomic mass is 9.98. The molecule has 0 bridgehead atoms. The SMILES string of the molecule is CCN(CC1CCCO1)C(=O)C1CCCN(S(=O)(=O)c2cccs2)C1. The minimum Gasteiger partial charge on any atom is -0.376 e. The number of nitrogens with zero attached hydrogens (tertiary/aromatic N) is 2. The molecule has 3 heterocycles. The molecule has 0 radical (unpaired) electrons. The van der Waals surface area contributed by atoms with Gasteiger partial charge in [-0.1, -0.05) is 6.07 Å². The third kappa shape index (κ3) is 4.24. The largest absolute Gasteiger partial charge is 0.376 e. The van der Waals surface area contributed by atoms with Crippen LogP contribution in [-0.2, 0) is 19.6 Å². The minimum atomic E-state index is -3.48. The first kappa shape index (κ1) is 18.8. The first-order valence-corrected chi connectivity index (χ1v) is 11.3. The summed E-state index contributed by atoms with van der Waals surface area (Å²) in [6, 6.07) is 3.37. The molecule has 140 valence electrons. The second-order valence-corrected chi connectivity index (χ2v) is 9.76. The normalized spacial score (nSPS) is 25.2. The van der Waals surface area contributed by atoms with Gasteiger partial charge >= 0.3 is 0 Å². The van der Waals surface area contributed by atoms with Crippen LogP contribution in [0.2, 0.25) is 0 Å². The van der Waals surface area contributed by atoms with Crippen molar-refractivity contribution in [2.45, 2.75) is 42.9 Å². The van der Waals surface area contributed by atoms with Crippen LogP contribution in [0.5, 0.6) is 0 Å². The summed E-state index contributed by atoms with van der Waals surface area (Å²) in [5.74, 6) is -0.200. The molecule has 2 unspecified atom stereocenters. The summed E-state index contributed by atoms with van der Waals surface area (Å²) in [5, 5.41) is 1.76. The second kappa shape index (κ2) is 8.16. The zero-order valence-electron chi connectivity index (χ0n) is 14.6. The highest BCUT2D eigenvalue weighted by molar-refractivity contribution is 7.91. The number of hydrogen-bond acceptors (Lipinski definition) is 5. The summed E-state index contributed by atoms with van der Waals surface area (Å²) in [4.78, 5) is 14.8. The quantitative estimate of drug-likeness (QED) is 0.752. The molecule has 25 heavy (non-hydrogen) atoms. The minimum absolute atomic E-state index is 0.0593. The summed E-state index contributed by atoms with van der Waals surface area (Å²) in [6.07, 6.45) is 3.63. The number of amides is 1. The number of rotatable bonds is 6. The molecular weight excluding hydrogens is 360 g/mol. The van der Waals surface area contributed by atoms with Crippen LogP contribution in [0.3, 0.4) is 0 Å². The summed E-state index contributed by atoms with van der Waals surface area (Å²) in [7, 11) is -3.48. The Balaban J connectivity index is 1.66. The van der Waals surface area contributed by atoms with E-state index in [0.717, 1.165) is 32.3 Å². The molecular formula is C17H26N2O4S2. The van der Waals surface area contributed by atoms with Gasteiger partial charge in [0, 0.05) is 32.8 Å². The first-order chi connectivity index (χ1) is 12.0. The number of likely N-dealkylation sites (N-methyl/N-ethyl adjacent to an activating group) is 1. The van der Waals surface area contributed by atoms with Gasteiger partial charge in [0.05, 0.1) is 12.0 Å². The van der Waals surface area contributed by atoms with Gasteiger partial charge in [-0.05, 0) is 44.1 Å². The van der Waals surface area contributed by atoms with Crippen molar-refractivity contribution in [3.8, 4) is 0 Å². The Morgan fingerprint density at radius 2 is 2.24 bits per heavy atom. The van der Waals surface area contributed by atoms with Crippen molar-refractivity contribution in [2.24, 2.45) is 5.92 Å². The fraction of sp³-hybridized carbons (Fsp3) is 0.706. The van der Waals surface area contributed by atoms with Crippen LogP contribution in [-0.4, -0.2) is 62.4 Å². The molecule has 0 aliphatic carbocycles. The number of piperidine rings is 1. The number of ether oxygens (including phenoxy) is 1. The van der Waals surface area contributed by atoms with Crippen molar-refractivity contribution in [1.29, 1.82) is 0 Å². The molecule has 6 nitrogen and oxygen atoms in total. The average Bonchev–Trinajstić information content (AvgIpc) is 3.33. The van der Waals surface area contributed by atoms with E-state index in [-0.39, 0.29) is 24.5 Å². The number of thiophene rings is 1. The summed E-state index contributed by atoms with van der Waals surface area (Å²) >= 11 is 1.22. The molecule has 2 fully saturated rings. The molecule has 0 N–H and O–H groups in total. The molecule has 0 saturated carbocycles. The standard InChI is InChI=1S/C17H26N2O4S2/c1-2-18(13-15-7-4-10-23-15)17(20)14-6-3-9-19(12-14)25(21,22)16-8-5-11-24-16/h5,8,11,14-15H,2-4,6-7,9-10,12-13H2,1H3. The predicted octanol–water partition coefficient (Wildman–Crippen LogP) is 2.18. The Morgan fingerprint density at radius 3 is 2.88 bits per heavy atom. The van der Waals surface area contributed by atoms with Crippen molar-refractivity contribution >= 4 is 27.3 Å². The third-order valence-electron chi connectivity index (χ3n) is 4.96. The monoisotopic (exact) mass is 386 g/mol. The maximum absolute atomic E-state index is 12.9. The van der Waals surface area contributed by atoms with Gasteiger partial charge in [-0.2, -0.15) is 4.31 Å². The van der Waals surface area contributed by atoms with E-state index in [1.165, 1.54) is 15.6 Å². The molecule has 1 amide bonds. The van der Waals surface area contributed by atoms with Crippen molar-refractivity contribution in [3.05, 3.63) is 17.5 Å². The fourth-order valence-corrected chi connectivity index (χ4v) is 6.24. The Kier molecular flexibility index (Phi) is 6.14. The van der Waals surface area contributed by atoms with Crippen LogP contribution >= 0.6 is 11.3 Å². The molecule has 3 rings (SSSR count). The first-order valence-electron chi connectivity index (χ1n) is 8.96. The van der Waals surface area contributed by atoms with E-state index in [1.807, 2.05) is 11.8 Å². The van der Waals surface area contributed by atoms with E-state index in [9.17, 15) is 13.2 Å². The van der Waals surface area contributed by atoms with Gasteiger partial charge in [0.2, 0.25) is 5.91 Å². The molecule has 2 aliphatic rings. The zero-order valence-corrected chi connectivity index (χ0v) is 16.2. The molecule has 2 aliphatic heterocycles. The lowest BCUT2D eigenvalue weighted by Crippen LogP contribution is -2.48. The number of carbonyl (C=O) groups is 1. The lowest BCUT2D eigenvalue weighted by Gasteiger charge is -2.34. The second-order valence-electron chi connectivity index (χ2n) is 6.65. The van der Waals surface area contributed by atoms with Gasteiger partial charge in [-0.3, -0.25) is 4.79 Å². The highest BCUT2D eigenvalue weighted by Gasteiger charge is 2.35. The van der Waals surface area contributed by atoms with Gasteiger partial charge in [-0.25, -0.2) is 8.42 Å². The number of hydrogen-bond donors (Lipinski definition) is 0. The van der Waals surface area contributed by atoms with Crippen LogP contribution in [0.4, 0.5) is 0 Å². The lowest BCUT2D eigenvalue weighted by molar-refractivity contribution is -0.138. The number of sulfonamides is 1. The molecule has 8 heteroatoms. The zero-order chi connectivity index (χ0) is 17.9. The molecule has 0 spiro atoms. The maximum atomic E-state index is 12.9. The van der Waals surface area contributed by atoms with E-state index in [1.54, 1.807) is 17.5 Å². The van der Waals surface area contributed by atoms with Crippen LogP contribution in [0, 0.1) is 5.92 Å². The number of carbonyl (C=O) groups excluding carboxylic acids is 1. The van der Waals surface area contributed by atoms with Crippen LogP contribution in [0.25, 0.3) is 0 Å². The van der Waals surface area contributed by atoms with E-state index in [4.69, 9.17) is 4.74 Å². The third-order valence-corrected chi connectivity index (χ3v) is 8.20. The van der Waals surface area contributed by atoms with Crippen molar-refractivity contribution in [2.75, 3.05) is 32.8 Å². The van der Waals surface area contributed by atoms with Gasteiger partial charge in [0.25, 0.3) is 10.0 Å². The molecule has 0 aromatic carbocycles. The average molecular weight is 387 g/mol. The maximum Gasteiger partial charge on any atom is 0.252 e. The topological polar surface area (TPSA) is 66.9 Å². The fourth-order valence-electron chi connectivity index (χ4n) is 3.57. The van der Waals surface area contributed by atoms with Crippen LogP contribution < -0.4 is 0 Å². The van der Waals surface area contributed by atoms with Gasteiger partial charge in [0.15, 0.2) is 0 Å². The van der Waals surface area contributed by atoms with Crippen molar-refractivity contribution in [1.82, 2.24) is 9.21 Å². The predicted molar refractivity (Wildman–Crippen MR) is 97.0 cm³/mol. The van der Waals surface area contributed by atoms with E-state index >= 15 is 0 Å². The van der Waals surface area contributed by atoms with E-state index in [0.29, 0.717) is 23.8 Å². The Morgan fingerprint density at radius 1 is 1.40 bits per heavy atom. The molecule has 2 saturated heterocycles. The van der Waals surface area contributed by atoms with Crippen LogP contribution in [0.1, 0.15) is 32.6 Å². The van der Waals surface area contributed by atoms with E-state index < -0.39 is 10.0 Å². The Labute approximate surface area is 153 Å². The smallest absolute Gasteiger partial charge is 0.252 e. The molecule has 2 atom stereocenters. The van der Waals surface area contributed by atoms with Gasteiger partial charge < -0.3 is 9.64 Å². The highest BCUT2D eigenvalue weighted by Crippen LogP contribution is 2.27. The van der Waals surface area contributed by atoms with Crippen LogP contribution in [0.15, 0.2) is 21.7 Å². The highest BCUT2D eigenvalue weighted by atomic mass is 32.2. The van der Waals surface area contributed by atoms with Crippen molar-refractivity contribution < 1.29 is 17.9 Å². The Bertz CT molecular complexity index is 669. The Hall–Kier alpha value is -0.960. The van der Waals surface area contributed by atoms with Gasteiger partial charge in [0.1, 0.15) is 4.21 Å². The van der Waals surface area contributed by atoms with Crippen molar-refractivity contribution in [3.63, 3.8) is 0 Å². The molecule has 1 aromatic rings. The summed E-state index contributed by atoms with van der Waals surface area (Å²) in [5.41, 5.74) is 0. The summed E-state index contributed by atoms with van der Waals surface area (Å²) < 4.78 is 32.9.